The second kappa shape index (κ2) is 10.8. The first-order valence-corrected chi connectivity index (χ1v) is 14.6. The van der Waals surface area contributed by atoms with Gasteiger partial charge < -0.3 is 15.1 Å². The van der Waals surface area contributed by atoms with E-state index in [1.165, 1.54) is 11.3 Å². The number of amides is 2. The van der Waals surface area contributed by atoms with E-state index in [1.54, 1.807) is 18.0 Å². The second-order valence-electron chi connectivity index (χ2n) is 12.9. The Hall–Kier alpha value is -2.55. The highest BCUT2D eigenvalue weighted by molar-refractivity contribution is 7.15. The van der Waals surface area contributed by atoms with Gasteiger partial charge in [0.1, 0.15) is 0 Å². The summed E-state index contributed by atoms with van der Waals surface area (Å²) in [4.78, 5) is 34.0. The van der Waals surface area contributed by atoms with Crippen molar-refractivity contribution in [1.29, 1.82) is 0 Å². The summed E-state index contributed by atoms with van der Waals surface area (Å²) < 4.78 is 0. The molecular weight excluding hydrogens is 510 g/mol. The highest BCUT2D eigenvalue weighted by atomic mass is 32.1. The average Bonchev–Trinajstić information content (AvgIpc) is 3.29. The van der Waals surface area contributed by atoms with Crippen LogP contribution in [-0.2, 0) is 16.6 Å². The summed E-state index contributed by atoms with van der Waals surface area (Å²) >= 11 is 1.43. The molecule has 0 radical (unpaired) electrons. The number of aliphatic hydroxyl groups excluding tert-OH is 2. The number of anilines is 1. The van der Waals surface area contributed by atoms with Gasteiger partial charge in [0, 0.05) is 41.8 Å². The molecule has 39 heavy (non-hydrogen) atoms. The quantitative estimate of drug-likeness (QED) is 0.412. The molecule has 2 aromatic rings. The first-order valence-electron chi connectivity index (χ1n) is 13.8. The third-order valence-corrected chi connectivity index (χ3v) is 10.3. The molecule has 0 saturated heterocycles. The van der Waals surface area contributed by atoms with Gasteiger partial charge in [-0.1, -0.05) is 52.8 Å². The van der Waals surface area contributed by atoms with Gasteiger partial charge in [-0.2, -0.15) is 0 Å². The summed E-state index contributed by atoms with van der Waals surface area (Å²) in [5.41, 5.74) is 1.54. The minimum atomic E-state index is -0.693. The Bertz CT molecular complexity index is 1230. The average molecular weight is 554 g/mol. The fraction of sp³-hybridized carbons (Fsp3) is 0.581. The zero-order valence-electron chi connectivity index (χ0n) is 24.1. The van der Waals surface area contributed by atoms with E-state index in [2.05, 4.69) is 39.6 Å². The molecule has 0 aliphatic heterocycles. The number of hydrogen-bond donors (Lipinski definition) is 3. The van der Waals surface area contributed by atoms with Crippen LogP contribution in [0.4, 0.5) is 5.13 Å². The number of carbonyl (C=O) groups is 2. The highest BCUT2D eigenvalue weighted by Crippen LogP contribution is 2.62. The van der Waals surface area contributed by atoms with Crippen LogP contribution in [0.5, 0.6) is 0 Å². The van der Waals surface area contributed by atoms with E-state index in [0.717, 1.165) is 22.6 Å². The number of likely N-dealkylation sites (N-methyl/N-ethyl adjacent to an activating group) is 1. The van der Waals surface area contributed by atoms with E-state index in [-0.39, 0.29) is 47.5 Å². The Morgan fingerprint density at radius 2 is 1.92 bits per heavy atom. The monoisotopic (exact) mass is 553 g/mol. The van der Waals surface area contributed by atoms with Crippen LogP contribution in [0.25, 0.3) is 0 Å². The van der Waals surface area contributed by atoms with Gasteiger partial charge in [-0.25, -0.2) is 4.98 Å². The molecule has 2 aliphatic carbocycles. The lowest BCUT2D eigenvalue weighted by atomic mass is 9.47. The number of thiazole rings is 1. The SMILES string of the molecule is C=CCN(C)C(=O)CC1c2nc(NC(=O)c3ccc(C(C)(C)C)cc3)sc2CC2C(C)(CO)C(O)CCC12C. The molecule has 212 valence electrons. The first kappa shape index (κ1) is 29.4. The molecule has 7 nitrogen and oxygen atoms in total. The highest BCUT2D eigenvalue weighted by Gasteiger charge is 2.59. The minimum absolute atomic E-state index is 0.000902. The van der Waals surface area contributed by atoms with Crippen molar-refractivity contribution < 1.29 is 19.8 Å². The topological polar surface area (TPSA) is 103 Å². The van der Waals surface area contributed by atoms with E-state index >= 15 is 0 Å². The molecule has 1 aromatic carbocycles. The number of hydrogen-bond acceptors (Lipinski definition) is 6. The maximum absolute atomic E-state index is 13.3. The fourth-order valence-corrected chi connectivity index (χ4v) is 7.68. The summed E-state index contributed by atoms with van der Waals surface area (Å²) in [5.74, 6) is -0.457. The maximum Gasteiger partial charge on any atom is 0.257 e. The lowest BCUT2D eigenvalue weighted by Gasteiger charge is -2.58. The third kappa shape index (κ3) is 5.43. The van der Waals surface area contributed by atoms with E-state index in [9.17, 15) is 19.8 Å². The number of nitrogens with zero attached hydrogens (tertiary/aromatic N) is 2. The Balaban J connectivity index is 1.68. The lowest BCUT2D eigenvalue weighted by molar-refractivity contribution is -0.146. The van der Waals surface area contributed by atoms with Crippen molar-refractivity contribution >= 4 is 28.3 Å². The number of rotatable bonds is 7. The lowest BCUT2D eigenvalue weighted by Crippen LogP contribution is -2.57. The van der Waals surface area contributed by atoms with Gasteiger partial charge in [-0.15, -0.1) is 17.9 Å². The molecule has 5 atom stereocenters. The van der Waals surface area contributed by atoms with Crippen LogP contribution in [0.15, 0.2) is 36.9 Å². The largest absolute Gasteiger partial charge is 0.396 e. The van der Waals surface area contributed by atoms with Gasteiger partial charge in [0.25, 0.3) is 5.91 Å². The normalized spacial score (nSPS) is 28.3. The van der Waals surface area contributed by atoms with Crippen molar-refractivity contribution in [3.63, 3.8) is 0 Å². The van der Waals surface area contributed by atoms with E-state index in [1.807, 2.05) is 31.2 Å². The predicted octanol–water partition coefficient (Wildman–Crippen LogP) is 5.14. The Kier molecular flexibility index (Phi) is 8.14. The van der Waals surface area contributed by atoms with Crippen LogP contribution in [0.1, 0.15) is 86.3 Å². The van der Waals surface area contributed by atoms with Gasteiger partial charge in [0.2, 0.25) is 5.91 Å². The molecular formula is C31H43N3O4S. The Morgan fingerprint density at radius 3 is 2.51 bits per heavy atom. The van der Waals surface area contributed by atoms with Crippen molar-refractivity contribution in [2.45, 2.75) is 77.7 Å². The molecule has 0 bridgehead atoms. The number of fused-ring (bicyclic) bond motifs is 2. The van der Waals surface area contributed by atoms with Crippen molar-refractivity contribution in [2.24, 2.45) is 16.7 Å². The molecule has 2 aliphatic rings. The van der Waals surface area contributed by atoms with E-state index in [4.69, 9.17) is 4.98 Å². The van der Waals surface area contributed by atoms with Gasteiger partial charge >= 0.3 is 0 Å². The van der Waals surface area contributed by atoms with Gasteiger partial charge in [-0.3, -0.25) is 14.9 Å². The molecule has 8 heteroatoms. The summed E-state index contributed by atoms with van der Waals surface area (Å²) in [5, 5.41) is 24.9. The zero-order chi connectivity index (χ0) is 28.8. The van der Waals surface area contributed by atoms with Crippen LogP contribution < -0.4 is 5.32 Å². The molecule has 4 rings (SSSR count). The summed E-state index contributed by atoms with van der Waals surface area (Å²) in [7, 11) is 1.77. The van der Waals surface area contributed by atoms with Crippen molar-refractivity contribution in [3.8, 4) is 0 Å². The number of aromatic nitrogens is 1. The van der Waals surface area contributed by atoms with Crippen LogP contribution in [0, 0.1) is 16.7 Å². The summed E-state index contributed by atoms with van der Waals surface area (Å²) in [6.45, 7) is 14.6. The third-order valence-electron chi connectivity index (χ3n) is 9.33. The molecule has 2 amide bonds. The molecule has 1 saturated carbocycles. The standard InChI is InChI=1S/C31H43N3O4S/c1-8-15-34(7)25(37)16-21-26-22(17-23-30(21,5)14-13-24(36)31(23,6)18-35)39-28(32-26)33-27(38)19-9-11-20(12-10-19)29(2,3)4/h8-12,21,23-24,35-36H,1,13-18H2,2-7H3,(H,32,33,38). The fourth-order valence-electron chi connectivity index (χ4n) is 6.62. The number of benzene rings is 1. The molecule has 1 heterocycles. The zero-order valence-corrected chi connectivity index (χ0v) is 24.9. The van der Waals surface area contributed by atoms with Gasteiger partial charge in [0.05, 0.1) is 18.4 Å². The molecule has 1 aromatic heterocycles. The van der Waals surface area contributed by atoms with Gasteiger partial charge in [0.15, 0.2) is 5.13 Å². The van der Waals surface area contributed by atoms with Crippen LogP contribution in [0.2, 0.25) is 0 Å². The van der Waals surface area contributed by atoms with Crippen molar-refractivity contribution in [2.75, 3.05) is 25.5 Å². The van der Waals surface area contributed by atoms with Crippen LogP contribution in [0.3, 0.4) is 0 Å². The number of carbonyl (C=O) groups excluding carboxylic acids is 2. The molecule has 5 unspecified atom stereocenters. The summed E-state index contributed by atoms with van der Waals surface area (Å²) in [6.07, 6.45) is 3.29. The van der Waals surface area contributed by atoms with E-state index in [0.29, 0.717) is 30.1 Å². The minimum Gasteiger partial charge on any atom is -0.396 e. The molecule has 0 spiro atoms. The second-order valence-corrected chi connectivity index (χ2v) is 14.0. The van der Waals surface area contributed by atoms with Crippen LogP contribution in [-0.4, -0.2) is 58.2 Å². The first-order chi connectivity index (χ1) is 18.2. The van der Waals surface area contributed by atoms with Crippen molar-refractivity contribution in [3.05, 3.63) is 58.6 Å². The number of aliphatic hydroxyl groups is 2. The Morgan fingerprint density at radius 1 is 1.26 bits per heavy atom. The number of nitrogens with one attached hydrogen (secondary N) is 1. The van der Waals surface area contributed by atoms with Crippen LogP contribution >= 0.6 is 11.3 Å². The van der Waals surface area contributed by atoms with E-state index < -0.39 is 11.5 Å². The smallest absolute Gasteiger partial charge is 0.257 e. The predicted molar refractivity (Wildman–Crippen MR) is 156 cm³/mol. The molecule has 3 N–H and O–H groups in total. The Labute approximate surface area is 236 Å². The molecule has 1 fully saturated rings. The summed E-state index contributed by atoms with van der Waals surface area (Å²) in [6, 6.07) is 7.64. The van der Waals surface area contributed by atoms with Gasteiger partial charge in [-0.05, 0) is 53.7 Å². The van der Waals surface area contributed by atoms with Crippen molar-refractivity contribution in [1.82, 2.24) is 9.88 Å². The maximum atomic E-state index is 13.3.